The van der Waals surface area contributed by atoms with E-state index in [1.807, 2.05) is 68.4 Å². The number of nitrogens with zero attached hydrogens (tertiary/aromatic N) is 1. The van der Waals surface area contributed by atoms with Crippen molar-refractivity contribution in [3.05, 3.63) is 97.9 Å². The first-order chi connectivity index (χ1) is 16.7. The highest BCUT2D eigenvalue weighted by atomic mass is 79.9. The van der Waals surface area contributed by atoms with Gasteiger partial charge in [-0.2, -0.15) is 0 Å². The maximum atomic E-state index is 13.6. The molecule has 0 saturated heterocycles. The Hall–Kier alpha value is -2.35. The molecule has 3 aromatic rings. The number of carbonyl (C=O) groups is 2. The Kier molecular flexibility index (Phi) is 10.2. The first-order valence-corrected chi connectivity index (χ1v) is 13.2. The second-order valence-electron chi connectivity index (χ2n) is 8.38. The summed E-state index contributed by atoms with van der Waals surface area (Å²) in [4.78, 5) is 28.5. The Balaban J connectivity index is 1.92. The molecule has 0 aromatic heterocycles. The summed E-state index contributed by atoms with van der Waals surface area (Å²) in [6, 6.07) is 21.7. The van der Waals surface area contributed by atoms with Gasteiger partial charge in [0.2, 0.25) is 5.91 Å². The molecule has 0 bridgehead atoms. The van der Waals surface area contributed by atoms with E-state index in [0.717, 1.165) is 15.6 Å². The first-order valence-electron chi connectivity index (χ1n) is 11.2. The number of hydrogen-bond acceptors (Lipinski definition) is 3. The zero-order chi connectivity index (χ0) is 25.4. The van der Waals surface area contributed by atoms with E-state index in [2.05, 4.69) is 37.2 Å². The topological polar surface area (TPSA) is 58.6 Å². The number of halogens is 3. The second-order valence-corrected chi connectivity index (χ2v) is 10.6. The van der Waals surface area contributed by atoms with E-state index in [4.69, 9.17) is 16.3 Å². The molecule has 2 amide bonds. The van der Waals surface area contributed by atoms with Gasteiger partial charge in [-0.3, -0.25) is 9.59 Å². The van der Waals surface area contributed by atoms with Crippen LogP contribution in [-0.4, -0.2) is 35.4 Å². The molecule has 0 radical (unpaired) electrons. The third-order valence-corrected chi connectivity index (χ3v) is 6.54. The van der Waals surface area contributed by atoms with Gasteiger partial charge < -0.3 is 15.0 Å². The van der Waals surface area contributed by atoms with Crippen molar-refractivity contribution in [3.63, 3.8) is 0 Å². The maximum absolute atomic E-state index is 13.6. The van der Waals surface area contributed by atoms with E-state index in [0.29, 0.717) is 21.7 Å². The summed E-state index contributed by atoms with van der Waals surface area (Å²) in [6.45, 7) is 3.83. The summed E-state index contributed by atoms with van der Waals surface area (Å²) in [6.07, 6.45) is 0.379. The van der Waals surface area contributed by atoms with Crippen LogP contribution in [0.4, 0.5) is 0 Å². The van der Waals surface area contributed by atoms with Crippen molar-refractivity contribution in [3.8, 4) is 5.75 Å². The van der Waals surface area contributed by atoms with Crippen LogP contribution in [0.25, 0.3) is 0 Å². The van der Waals surface area contributed by atoms with Gasteiger partial charge in [0, 0.05) is 28.5 Å². The highest BCUT2D eigenvalue weighted by Gasteiger charge is 2.31. The molecular formula is C27H27Br2ClN2O3. The van der Waals surface area contributed by atoms with E-state index in [1.165, 1.54) is 0 Å². The summed E-state index contributed by atoms with van der Waals surface area (Å²) in [5, 5.41) is 3.54. The number of ether oxygens (including phenoxy) is 1. The predicted octanol–water partition coefficient (Wildman–Crippen LogP) is 6.41. The number of rotatable bonds is 10. The molecule has 0 aliphatic heterocycles. The molecule has 3 rings (SSSR count). The van der Waals surface area contributed by atoms with Crippen molar-refractivity contribution in [2.45, 2.75) is 38.9 Å². The molecule has 0 heterocycles. The minimum Gasteiger partial charge on any atom is -0.483 e. The van der Waals surface area contributed by atoms with Gasteiger partial charge in [-0.15, -0.1) is 0 Å². The molecule has 0 aliphatic rings. The van der Waals surface area contributed by atoms with Crippen molar-refractivity contribution in [1.82, 2.24) is 10.2 Å². The number of benzene rings is 3. The smallest absolute Gasteiger partial charge is 0.261 e. The third kappa shape index (κ3) is 8.37. The van der Waals surface area contributed by atoms with Crippen LogP contribution >= 0.6 is 43.5 Å². The summed E-state index contributed by atoms with van der Waals surface area (Å²) < 4.78 is 7.37. The van der Waals surface area contributed by atoms with Gasteiger partial charge in [-0.1, -0.05) is 70.0 Å². The normalized spacial score (nSPS) is 11.7. The highest BCUT2D eigenvalue weighted by Crippen LogP contribution is 2.28. The van der Waals surface area contributed by atoms with Gasteiger partial charge in [0.15, 0.2) is 6.61 Å². The van der Waals surface area contributed by atoms with Crippen LogP contribution in [0.3, 0.4) is 0 Å². The van der Waals surface area contributed by atoms with Gasteiger partial charge >= 0.3 is 0 Å². The molecule has 0 aliphatic carbocycles. The minimum atomic E-state index is -0.719. The third-order valence-electron chi connectivity index (χ3n) is 5.19. The summed E-state index contributed by atoms with van der Waals surface area (Å²) >= 11 is 12.9. The van der Waals surface area contributed by atoms with Crippen molar-refractivity contribution in [1.29, 1.82) is 0 Å². The Morgan fingerprint density at radius 1 is 0.971 bits per heavy atom. The molecule has 0 fully saturated rings. The largest absolute Gasteiger partial charge is 0.483 e. The lowest BCUT2D eigenvalue weighted by Gasteiger charge is -2.32. The van der Waals surface area contributed by atoms with Crippen molar-refractivity contribution >= 4 is 55.3 Å². The van der Waals surface area contributed by atoms with E-state index in [9.17, 15) is 9.59 Å². The van der Waals surface area contributed by atoms with E-state index >= 15 is 0 Å². The van der Waals surface area contributed by atoms with Gasteiger partial charge in [-0.05, 0) is 71.2 Å². The molecule has 3 aromatic carbocycles. The molecule has 1 N–H and O–H groups in total. The van der Waals surface area contributed by atoms with Crippen molar-refractivity contribution in [2.75, 3.05) is 6.61 Å². The Bertz CT molecular complexity index is 1160. The zero-order valence-electron chi connectivity index (χ0n) is 19.5. The number of carbonyl (C=O) groups excluding carboxylic acids is 2. The molecule has 0 spiro atoms. The van der Waals surface area contributed by atoms with Crippen LogP contribution in [0.5, 0.6) is 5.75 Å². The standard InChI is InChI=1S/C27H27Br2ClN2O3/c1-18(2)31-27(34)24(14-19-7-4-3-5-8-19)32(16-20-9-6-10-21(28)13-20)26(33)17-35-25-12-11-22(30)15-23(25)29/h3-13,15,18,24H,14,16-17H2,1-2H3,(H,31,34). The summed E-state index contributed by atoms with van der Waals surface area (Å²) in [5.41, 5.74) is 1.86. The lowest BCUT2D eigenvalue weighted by Crippen LogP contribution is -2.52. The summed E-state index contributed by atoms with van der Waals surface area (Å²) in [5.74, 6) is -0.0112. The monoisotopic (exact) mass is 620 g/mol. The van der Waals surface area contributed by atoms with Gasteiger partial charge in [0.1, 0.15) is 11.8 Å². The van der Waals surface area contributed by atoms with E-state index in [-0.39, 0.29) is 31.0 Å². The minimum absolute atomic E-state index is 0.0649. The number of amides is 2. The van der Waals surface area contributed by atoms with Crippen LogP contribution in [0.2, 0.25) is 5.02 Å². The molecule has 5 nitrogen and oxygen atoms in total. The first kappa shape index (κ1) is 27.2. The maximum Gasteiger partial charge on any atom is 0.261 e. The van der Waals surface area contributed by atoms with E-state index < -0.39 is 6.04 Å². The molecule has 35 heavy (non-hydrogen) atoms. The molecule has 0 saturated carbocycles. The predicted molar refractivity (Wildman–Crippen MR) is 147 cm³/mol. The fourth-order valence-corrected chi connectivity index (χ4v) is 4.83. The van der Waals surface area contributed by atoms with Crippen LogP contribution in [0, 0.1) is 0 Å². The lowest BCUT2D eigenvalue weighted by molar-refractivity contribution is -0.143. The summed E-state index contributed by atoms with van der Waals surface area (Å²) in [7, 11) is 0. The van der Waals surface area contributed by atoms with Crippen LogP contribution in [0.15, 0.2) is 81.7 Å². The SMILES string of the molecule is CC(C)NC(=O)C(Cc1ccccc1)N(Cc1cccc(Br)c1)C(=O)COc1ccc(Cl)cc1Br. The molecule has 184 valence electrons. The average Bonchev–Trinajstić information content (AvgIpc) is 2.81. The van der Waals surface area contributed by atoms with Gasteiger partial charge in [0.25, 0.3) is 5.91 Å². The average molecular weight is 623 g/mol. The van der Waals surface area contributed by atoms with Crippen LogP contribution in [0.1, 0.15) is 25.0 Å². The fraction of sp³-hybridized carbons (Fsp3) is 0.259. The quantitative estimate of drug-likeness (QED) is 0.285. The Labute approximate surface area is 228 Å². The number of hydrogen-bond donors (Lipinski definition) is 1. The lowest BCUT2D eigenvalue weighted by atomic mass is 10.0. The molecule has 8 heteroatoms. The molecule has 1 unspecified atom stereocenters. The van der Waals surface area contributed by atoms with Crippen LogP contribution in [-0.2, 0) is 22.6 Å². The Morgan fingerprint density at radius 2 is 1.69 bits per heavy atom. The second kappa shape index (κ2) is 13.1. The molecule has 1 atom stereocenters. The Morgan fingerprint density at radius 3 is 2.34 bits per heavy atom. The van der Waals surface area contributed by atoms with E-state index in [1.54, 1.807) is 23.1 Å². The number of nitrogens with one attached hydrogen (secondary N) is 1. The zero-order valence-corrected chi connectivity index (χ0v) is 23.4. The van der Waals surface area contributed by atoms with Gasteiger partial charge in [0.05, 0.1) is 4.47 Å². The van der Waals surface area contributed by atoms with Gasteiger partial charge in [-0.25, -0.2) is 0 Å². The molecular weight excluding hydrogens is 596 g/mol. The van der Waals surface area contributed by atoms with Crippen LogP contribution < -0.4 is 10.1 Å². The van der Waals surface area contributed by atoms with Crippen molar-refractivity contribution < 1.29 is 14.3 Å². The fourth-order valence-electron chi connectivity index (χ4n) is 3.58. The highest BCUT2D eigenvalue weighted by molar-refractivity contribution is 9.10. The van der Waals surface area contributed by atoms with Crippen molar-refractivity contribution in [2.24, 2.45) is 0 Å².